The fourth-order valence-corrected chi connectivity index (χ4v) is 7.14. The van der Waals surface area contributed by atoms with Crippen LogP contribution in [0.2, 0.25) is 10.0 Å². The number of methoxy groups -OCH3 is 2. The van der Waals surface area contributed by atoms with Gasteiger partial charge in [-0.15, -0.1) is 0 Å². The first-order chi connectivity index (χ1) is 22.2. The van der Waals surface area contributed by atoms with Crippen molar-refractivity contribution in [2.24, 2.45) is 0 Å². The maximum absolute atomic E-state index is 13.7. The number of pyridine rings is 1. The highest BCUT2D eigenvalue weighted by molar-refractivity contribution is 6.42. The summed E-state index contributed by atoms with van der Waals surface area (Å²) in [5.41, 5.74) is 2.22. The van der Waals surface area contributed by atoms with Crippen LogP contribution < -0.4 is 34.8 Å². The molecule has 2 N–H and O–H groups in total. The first-order valence-electron chi connectivity index (χ1n) is 15.1. The number of halogens is 2. The van der Waals surface area contributed by atoms with Crippen LogP contribution in [0.15, 0.2) is 43.2 Å². The highest BCUT2D eigenvalue weighted by Gasteiger charge is 2.37. The molecule has 1 saturated carbocycles. The molecule has 2 unspecified atom stereocenters. The van der Waals surface area contributed by atoms with E-state index < -0.39 is 6.03 Å². The lowest BCUT2D eigenvalue weighted by atomic mass is 10.00. The molecule has 242 valence electrons. The Hall–Kier alpha value is -4.29. The van der Waals surface area contributed by atoms with E-state index in [0.29, 0.717) is 47.8 Å². The zero-order valence-corrected chi connectivity index (χ0v) is 27.4. The van der Waals surface area contributed by atoms with E-state index in [0.717, 1.165) is 5.82 Å². The van der Waals surface area contributed by atoms with Crippen molar-refractivity contribution in [1.29, 1.82) is 0 Å². The predicted octanol–water partition coefficient (Wildman–Crippen LogP) is 5.40. The number of carbonyl (C=O) groups excluding carboxylic acids is 2. The third-order valence-electron chi connectivity index (χ3n) is 8.89. The molecule has 3 aromatic rings. The molecule has 2 aromatic heterocycles. The van der Waals surface area contributed by atoms with E-state index in [4.69, 9.17) is 42.6 Å². The molecular formula is C32H36Cl2N8O4. The third-order valence-corrected chi connectivity index (χ3v) is 9.63. The van der Waals surface area contributed by atoms with Crippen molar-refractivity contribution in [3.8, 4) is 11.5 Å². The van der Waals surface area contributed by atoms with E-state index in [-0.39, 0.29) is 40.3 Å². The van der Waals surface area contributed by atoms with E-state index in [1.807, 2.05) is 6.20 Å². The van der Waals surface area contributed by atoms with Gasteiger partial charge in [-0.05, 0) is 36.5 Å². The summed E-state index contributed by atoms with van der Waals surface area (Å²) in [5.74, 6) is 2.54. The average Bonchev–Trinajstić information content (AvgIpc) is 3.75. The van der Waals surface area contributed by atoms with E-state index in [9.17, 15) is 9.59 Å². The van der Waals surface area contributed by atoms with Gasteiger partial charge in [-0.3, -0.25) is 14.6 Å². The number of nitrogens with zero attached hydrogens (tertiary/aromatic N) is 6. The van der Waals surface area contributed by atoms with Gasteiger partial charge in [0.2, 0.25) is 11.9 Å². The largest absolute Gasteiger partial charge is 0.495 e. The van der Waals surface area contributed by atoms with E-state index in [2.05, 4.69) is 39.2 Å². The van der Waals surface area contributed by atoms with Crippen LogP contribution in [0, 0.1) is 0 Å². The quantitative estimate of drug-likeness (QED) is 0.289. The molecule has 1 saturated heterocycles. The van der Waals surface area contributed by atoms with Gasteiger partial charge in [0.1, 0.15) is 33.2 Å². The smallest absolute Gasteiger partial charge is 0.330 e. The molecule has 1 aromatic carbocycles. The Bertz CT molecular complexity index is 1620. The first-order valence-corrected chi connectivity index (χ1v) is 15.9. The van der Waals surface area contributed by atoms with Crippen molar-refractivity contribution in [2.75, 3.05) is 54.4 Å². The van der Waals surface area contributed by atoms with Crippen molar-refractivity contribution in [3.63, 3.8) is 0 Å². The van der Waals surface area contributed by atoms with Crippen LogP contribution in [0.25, 0.3) is 0 Å². The molecule has 4 heterocycles. The van der Waals surface area contributed by atoms with Crippen LogP contribution in [0.1, 0.15) is 42.7 Å². The SMILES string of the molecule is C=CC(=O)NC1CN(c2ccc(C3CCCC3)cn2)CC1Nc1ncc2c(n1)N(C)C(=O)N(c1c(Cl)c(OC)cc(OC)c1Cl)C2. The summed E-state index contributed by atoms with van der Waals surface area (Å²) in [7, 11) is 4.57. The molecule has 3 amide bonds. The molecule has 12 nitrogen and oxygen atoms in total. The van der Waals surface area contributed by atoms with Gasteiger partial charge in [0, 0.05) is 44.2 Å². The van der Waals surface area contributed by atoms with Crippen LogP contribution in [0.4, 0.5) is 28.1 Å². The van der Waals surface area contributed by atoms with Crippen molar-refractivity contribution >= 4 is 58.4 Å². The Morgan fingerprint density at radius 2 is 1.74 bits per heavy atom. The predicted molar refractivity (Wildman–Crippen MR) is 179 cm³/mol. The summed E-state index contributed by atoms with van der Waals surface area (Å²) in [4.78, 5) is 45.0. The lowest BCUT2D eigenvalue weighted by Crippen LogP contribution is -2.47. The topological polar surface area (TPSA) is 125 Å². The van der Waals surface area contributed by atoms with Crippen LogP contribution in [0.3, 0.4) is 0 Å². The van der Waals surface area contributed by atoms with Crippen molar-refractivity contribution < 1.29 is 19.1 Å². The van der Waals surface area contributed by atoms with Crippen LogP contribution in [0.5, 0.6) is 11.5 Å². The van der Waals surface area contributed by atoms with Gasteiger partial charge >= 0.3 is 6.03 Å². The number of rotatable bonds is 9. The summed E-state index contributed by atoms with van der Waals surface area (Å²) in [5, 5.41) is 6.77. The number of hydrogen-bond donors (Lipinski definition) is 2. The van der Waals surface area contributed by atoms with E-state index in [1.54, 1.807) is 19.3 Å². The number of anilines is 4. The third kappa shape index (κ3) is 5.99. The molecule has 14 heteroatoms. The van der Waals surface area contributed by atoms with Gasteiger partial charge in [-0.25, -0.2) is 14.8 Å². The lowest BCUT2D eigenvalue weighted by Gasteiger charge is -2.35. The van der Waals surface area contributed by atoms with Gasteiger partial charge in [0.05, 0.1) is 38.5 Å². The Morgan fingerprint density at radius 1 is 1.04 bits per heavy atom. The summed E-state index contributed by atoms with van der Waals surface area (Å²) < 4.78 is 10.8. The Kier molecular flexibility index (Phi) is 9.10. The van der Waals surface area contributed by atoms with Gasteiger partial charge in [-0.2, -0.15) is 4.98 Å². The highest BCUT2D eigenvalue weighted by Crippen LogP contribution is 2.47. The number of hydrogen-bond acceptors (Lipinski definition) is 9. The molecule has 2 aliphatic heterocycles. The Labute approximate surface area is 277 Å². The first kappa shape index (κ1) is 31.7. The van der Waals surface area contributed by atoms with Gasteiger partial charge in [0.25, 0.3) is 0 Å². The van der Waals surface area contributed by atoms with E-state index in [1.165, 1.54) is 61.3 Å². The molecule has 0 radical (unpaired) electrons. The normalized spacial score (nSPS) is 19.7. The monoisotopic (exact) mass is 666 g/mol. The minimum Gasteiger partial charge on any atom is -0.495 e. The molecule has 0 bridgehead atoms. The second kappa shape index (κ2) is 13.2. The second-order valence-electron chi connectivity index (χ2n) is 11.6. The molecule has 2 atom stereocenters. The van der Waals surface area contributed by atoms with Crippen LogP contribution in [-0.4, -0.2) is 73.3 Å². The van der Waals surface area contributed by atoms with Gasteiger partial charge in [-0.1, -0.05) is 48.7 Å². The number of amides is 3. The number of carbonyl (C=O) groups is 2. The number of urea groups is 1. The minimum atomic E-state index is -0.397. The van der Waals surface area contributed by atoms with Gasteiger partial charge < -0.3 is 25.0 Å². The summed E-state index contributed by atoms with van der Waals surface area (Å²) in [6.07, 6.45) is 9.85. The van der Waals surface area contributed by atoms with Crippen LogP contribution >= 0.6 is 23.2 Å². The Morgan fingerprint density at radius 3 is 2.37 bits per heavy atom. The number of fused-ring (bicyclic) bond motifs is 1. The standard InChI is InChI=1S/C32H36Cl2N8O4/c1-5-26(43)37-21-16-41(25-11-10-19(13-35-25)18-8-6-7-9-18)17-22(21)38-31-36-14-20-15-42(32(44)40(2)30(20)39-31)29-27(33)23(45-3)12-24(46-4)28(29)34/h5,10-14,18,21-22H,1,6-9,15-17H2,2-4H3,(H,37,43)(H,36,38,39). The summed E-state index contributed by atoms with van der Waals surface area (Å²) >= 11 is 13.3. The molecule has 2 fully saturated rings. The molecule has 46 heavy (non-hydrogen) atoms. The number of ether oxygens (including phenoxy) is 2. The molecule has 6 rings (SSSR count). The molecule has 0 spiro atoms. The molecule has 1 aliphatic carbocycles. The Balaban J connectivity index is 1.23. The maximum Gasteiger partial charge on any atom is 0.330 e. The average molecular weight is 668 g/mol. The zero-order chi connectivity index (χ0) is 32.5. The lowest BCUT2D eigenvalue weighted by molar-refractivity contribution is -0.117. The van der Waals surface area contributed by atoms with E-state index >= 15 is 0 Å². The molecule has 3 aliphatic rings. The fraction of sp³-hybridized carbons (Fsp3) is 0.406. The minimum absolute atomic E-state index is 0.117. The maximum atomic E-state index is 13.7. The van der Waals surface area contributed by atoms with Crippen molar-refractivity contribution in [3.05, 3.63) is 64.4 Å². The van der Waals surface area contributed by atoms with Gasteiger partial charge in [0.15, 0.2) is 0 Å². The number of benzene rings is 1. The molecular weight excluding hydrogens is 631 g/mol. The summed E-state index contributed by atoms with van der Waals surface area (Å²) in [6.45, 7) is 4.81. The summed E-state index contributed by atoms with van der Waals surface area (Å²) in [6, 6.07) is 4.87. The number of nitrogens with one attached hydrogen (secondary N) is 2. The highest BCUT2D eigenvalue weighted by atomic mass is 35.5. The number of aromatic nitrogens is 3. The van der Waals surface area contributed by atoms with Crippen LogP contribution in [-0.2, 0) is 11.3 Å². The fourth-order valence-electron chi connectivity index (χ4n) is 6.44. The van der Waals surface area contributed by atoms with Crippen molar-refractivity contribution in [1.82, 2.24) is 20.3 Å². The van der Waals surface area contributed by atoms with Crippen molar-refractivity contribution in [2.45, 2.75) is 50.2 Å². The zero-order valence-electron chi connectivity index (χ0n) is 25.9. The second-order valence-corrected chi connectivity index (χ2v) is 12.4.